The fourth-order valence-corrected chi connectivity index (χ4v) is 2.96. The number of ether oxygens (including phenoxy) is 1. The highest BCUT2D eigenvalue weighted by Crippen LogP contribution is 2.34. The van der Waals surface area contributed by atoms with E-state index in [0.717, 1.165) is 23.3 Å². The molecule has 0 unspecified atom stereocenters. The van der Waals surface area contributed by atoms with Gasteiger partial charge in [0.2, 0.25) is 5.89 Å². The molecule has 0 atom stereocenters. The summed E-state index contributed by atoms with van der Waals surface area (Å²) in [6.07, 6.45) is -4.48. The van der Waals surface area contributed by atoms with Gasteiger partial charge in [0.1, 0.15) is 18.2 Å². The lowest BCUT2D eigenvalue weighted by molar-refractivity contribution is -0.140. The van der Waals surface area contributed by atoms with Gasteiger partial charge in [0.05, 0.1) is 11.3 Å². The molecule has 0 aliphatic rings. The normalized spacial score (nSPS) is 11.4. The van der Waals surface area contributed by atoms with Crippen LogP contribution in [0.2, 0.25) is 0 Å². The van der Waals surface area contributed by atoms with Gasteiger partial charge in [-0.15, -0.1) is 4.91 Å². The van der Waals surface area contributed by atoms with Gasteiger partial charge in [-0.3, -0.25) is 4.79 Å². The van der Waals surface area contributed by atoms with E-state index in [1.54, 1.807) is 25.1 Å². The van der Waals surface area contributed by atoms with Crippen LogP contribution >= 0.6 is 0 Å². The van der Waals surface area contributed by atoms with Gasteiger partial charge in [0.15, 0.2) is 5.76 Å². The Kier molecular flexibility index (Phi) is 6.71. The lowest BCUT2D eigenvalue weighted by atomic mass is 10.1. The molecule has 168 valence electrons. The molecule has 0 N–H and O–H groups in total. The maximum atomic E-state index is 13.9. The molecule has 1 heterocycles. The standard InChI is InChI=1S/C22H18F4N2O4/c1-12-3-4-14(5-8-20(29)28-30)9-18(12)31-11-19-13(2)27-21(32-19)15-6-7-16(17(23)10-15)22(24,25)26/h3-4,6-7,9-10H,5,8,11H2,1-2H3. The Bertz CT molecular complexity index is 1160. The molecule has 32 heavy (non-hydrogen) atoms. The molecule has 0 radical (unpaired) electrons. The van der Waals surface area contributed by atoms with Crippen molar-refractivity contribution >= 4 is 5.91 Å². The van der Waals surface area contributed by atoms with Crippen molar-refractivity contribution in [3.05, 3.63) is 75.3 Å². The Labute approximate surface area is 180 Å². The van der Waals surface area contributed by atoms with Gasteiger partial charge in [-0.2, -0.15) is 13.2 Å². The number of carbonyl (C=O) groups is 1. The van der Waals surface area contributed by atoms with Crippen LogP contribution in [0.4, 0.5) is 17.6 Å². The number of aromatic nitrogens is 1. The van der Waals surface area contributed by atoms with Crippen molar-refractivity contribution in [2.75, 3.05) is 0 Å². The van der Waals surface area contributed by atoms with Gasteiger partial charge in [-0.25, -0.2) is 9.37 Å². The number of rotatable bonds is 7. The summed E-state index contributed by atoms with van der Waals surface area (Å²) >= 11 is 0. The zero-order valence-electron chi connectivity index (χ0n) is 17.1. The number of hydrogen-bond acceptors (Lipinski definition) is 5. The van der Waals surface area contributed by atoms with Crippen molar-refractivity contribution in [2.24, 2.45) is 5.18 Å². The molecule has 10 heteroatoms. The van der Waals surface area contributed by atoms with Crippen LogP contribution in [0.1, 0.15) is 34.6 Å². The number of nitrogens with zero attached hydrogens (tertiary/aromatic N) is 2. The highest BCUT2D eigenvalue weighted by Gasteiger charge is 2.34. The molecule has 0 spiro atoms. The van der Waals surface area contributed by atoms with E-state index in [-0.39, 0.29) is 24.5 Å². The van der Waals surface area contributed by atoms with Crippen LogP contribution in [-0.2, 0) is 24.0 Å². The number of benzene rings is 2. The highest BCUT2D eigenvalue weighted by atomic mass is 19.4. The summed E-state index contributed by atoms with van der Waals surface area (Å²) in [6.45, 7) is 3.43. The molecule has 1 aromatic heterocycles. The summed E-state index contributed by atoms with van der Waals surface area (Å²) in [5.41, 5.74) is 0.732. The predicted molar refractivity (Wildman–Crippen MR) is 106 cm³/mol. The van der Waals surface area contributed by atoms with Gasteiger partial charge < -0.3 is 9.15 Å². The van der Waals surface area contributed by atoms with Crippen LogP contribution in [0.15, 0.2) is 46.0 Å². The molecule has 1 amide bonds. The Balaban J connectivity index is 1.75. The molecule has 2 aromatic carbocycles. The van der Waals surface area contributed by atoms with E-state index in [2.05, 4.69) is 10.2 Å². The molecule has 3 rings (SSSR count). The summed E-state index contributed by atoms with van der Waals surface area (Å²) in [4.78, 5) is 25.4. The van der Waals surface area contributed by atoms with Gasteiger partial charge in [0, 0.05) is 17.2 Å². The summed E-state index contributed by atoms with van der Waals surface area (Å²) in [7, 11) is 0. The van der Waals surface area contributed by atoms with E-state index in [4.69, 9.17) is 9.15 Å². The van der Waals surface area contributed by atoms with Crippen LogP contribution in [0.5, 0.6) is 5.75 Å². The van der Waals surface area contributed by atoms with Crippen LogP contribution in [-0.4, -0.2) is 10.9 Å². The average Bonchev–Trinajstić information content (AvgIpc) is 3.11. The highest BCUT2D eigenvalue weighted by molar-refractivity contribution is 5.76. The van der Waals surface area contributed by atoms with Crippen molar-refractivity contribution in [1.29, 1.82) is 0 Å². The molecule has 0 saturated heterocycles. The smallest absolute Gasteiger partial charge is 0.419 e. The van der Waals surface area contributed by atoms with Gasteiger partial charge in [-0.1, -0.05) is 12.1 Å². The monoisotopic (exact) mass is 450 g/mol. The fraction of sp³-hybridized carbons (Fsp3) is 0.273. The summed E-state index contributed by atoms with van der Waals surface area (Å²) in [5.74, 6) is -1.34. The number of aryl methyl sites for hydroxylation is 3. The van der Waals surface area contributed by atoms with Crippen molar-refractivity contribution in [3.63, 3.8) is 0 Å². The Hall–Kier alpha value is -3.56. The van der Waals surface area contributed by atoms with Crippen LogP contribution in [0.25, 0.3) is 11.5 Å². The molecule has 0 aliphatic carbocycles. The second-order valence-corrected chi connectivity index (χ2v) is 7.09. The quantitative estimate of drug-likeness (QED) is 0.330. The minimum absolute atomic E-state index is 0.0136. The molecule has 0 aliphatic heterocycles. The summed E-state index contributed by atoms with van der Waals surface area (Å²) < 4.78 is 63.5. The van der Waals surface area contributed by atoms with Gasteiger partial charge in [-0.05, 0) is 55.7 Å². The molecule has 0 saturated carbocycles. The Morgan fingerprint density at radius 3 is 2.56 bits per heavy atom. The zero-order valence-corrected chi connectivity index (χ0v) is 17.1. The predicted octanol–water partition coefficient (Wildman–Crippen LogP) is 5.92. The first-order chi connectivity index (χ1) is 15.1. The number of halogens is 4. The minimum atomic E-state index is -4.79. The van der Waals surface area contributed by atoms with Crippen LogP contribution in [0.3, 0.4) is 0 Å². The lowest BCUT2D eigenvalue weighted by Crippen LogP contribution is -2.07. The fourth-order valence-electron chi connectivity index (χ4n) is 2.96. The molecular formula is C22H18F4N2O4. The first-order valence-corrected chi connectivity index (χ1v) is 9.50. The van der Waals surface area contributed by atoms with E-state index in [1.165, 1.54) is 0 Å². The summed E-state index contributed by atoms with van der Waals surface area (Å²) in [5, 5.41) is 2.36. The third-order valence-electron chi connectivity index (χ3n) is 4.75. The third-order valence-corrected chi connectivity index (χ3v) is 4.75. The third kappa shape index (κ3) is 5.37. The number of nitroso groups, excluding NO2 is 1. The average molecular weight is 450 g/mol. The van der Waals surface area contributed by atoms with Crippen molar-refractivity contribution in [1.82, 2.24) is 4.98 Å². The second-order valence-electron chi connectivity index (χ2n) is 7.09. The largest absolute Gasteiger partial charge is 0.485 e. The van der Waals surface area contributed by atoms with Crippen LogP contribution in [0, 0.1) is 24.6 Å². The number of carbonyl (C=O) groups excluding carboxylic acids is 1. The zero-order chi connectivity index (χ0) is 23.5. The molecule has 6 nitrogen and oxygen atoms in total. The van der Waals surface area contributed by atoms with Crippen LogP contribution < -0.4 is 4.74 Å². The number of amides is 1. The summed E-state index contributed by atoms with van der Waals surface area (Å²) in [6, 6.07) is 7.78. The van der Waals surface area contributed by atoms with E-state index >= 15 is 0 Å². The van der Waals surface area contributed by atoms with E-state index in [1.807, 2.05) is 6.92 Å². The Morgan fingerprint density at radius 1 is 1.16 bits per heavy atom. The first kappa shape index (κ1) is 23.1. The molecule has 0 fully saturated rings. The van der Waals surface area contributed by atoms with Crippen molar-refractivity contribution in [3.8, 4) is 17.2 Å². The number of oxazole rings is 1. The van der Waals surface area contributed by atoms with Gasteiger partial charge >= 0.3 is 6.18 Å². The molecule has 0 bridgehead atoms. The maximum absolute atomic E-state index is 13.9. The number of alkyl halides is 3. The SMILES string of the molecule is Cc1ccc(CCC(=O)N=O)cc1OCc1oc(-c2ccc(C(F)(F)F)c(F)c2)nc1C. The van der Waals surface area contributed by atoms with Crippen molar-refractivity contribution in [2.45, 2.75) is 39.5 Å². The van der Waals surface area contributed by atoms with Gasteiger partial charge in [0.25, 0.3) is 5.91 Å². The maximum Gasteiger partial charge on any atom is 0.419 e. The van der Waals surface area contributed by atoms with E-state index in [9.17, 15) is 27.3 Å². The van der Waals surface area contributed by atoms with E-state index in [0.29, 0.717) is 29.7 Å². The molecule has 3 aromatic rings. The molecular weight excluding hydrogens is 432 g/mol. The topological polar surface area (TPSA) is 81.8 Å². The van der Waals surface area contributed by atoms with Crippen molar-refractivity contribution < 1.29 is 31.5 Å². The second kappa shape index (κ2) is 9.29. The number of hydrogen-bond donors (Lipinski definition) is 0. The van der Waals surface area contributed by atoms with E-state index < -0.39 is 23.5 Å². The first-order valence-electron chi connectivity index (χ1n) is 9.50. The minimum Gasteiger partial charge on any atom is -0.485 e. The Morgan fingerprint density at radius 2 is 1.91 bits per heavy atom. The lowest BCUT2D eigenvalue weighted by Gasteiger charge is -2.10.